The van der Waals surface area contributed by atoms with Gasteiger partial charge in [-0.25, -0.2) is 0 Å². The minimum Gasteiger partial charge on any atom is -0.723 e. The van der Waals surface area contributed by atoms with Crippen LogP contribution in [-0.2, 0) is 4.89 Å². The van der Waals surface area contributed by atoms with Crippen LogP contribution in [0.15, 0.2) is 0 Å². The Morgan fingerprint density at radius 3 is 1.80 bits per heavy atom. The molecule has 0 atom stereocenters. The standard InChI is InChI=1S/C3H8O2/c1-3(2)5-4/h3-4H,1-2H3/p-1. The Morgan fingerprint density at radius 1 is 1.60 bits per heavy atom. The second-order valence-corrected chi connectivity index (χ2v) is 1.14. The molecule has 0 aliphatic heterocycles. The second kappa shape index (κ2) is 2.18. The highest BCUT2D eigenvalue weighted by Crippen LogP contribution is 1.74. The van der Waals surface area contributed by atoms with E-state index in [1.165, 1.54) is 0 Å². The zero-order valence-electron chi connectivity index (χ0n) is 3.39. The molecule has 0 heterocycles. The van der Waals surface area contributed by atoms with Gasteiger partial charge in [-0.15, -0.1) is 0 Å². The first kappa shape index (κ1) is 4.92. The van der Waals surface area contributed by atoms with Crippen LogP contribution in [0.3, 0.4) is 0 Å². The van der Waals surface area contributed by atoms with E-state index in [1.807, 2.05) is 0 Å². The molecule has 0 aromatic heterocycles. The van der Waals surface area contributed by atoms with Gasteiger partial charge in [0, 0.05) is 6.10 Å². The summed E-state index contributed by atoms with van der Waals surface area (Å²) in [4.78, 5) is 3.50. The van der Waals surface area contributed by atoms with Crippen LogP contribution in [0.5, 0.6) is 0 Å². The SMILES string of the molecule is CC(C)O[O-]. The summed E-state index contributed by atoms with van der Waals surface area (Å²) in [5.41, 5.74) is 0. The predicted molar refractivity (Wildman–Crippen MR) is 16.2 cm³/mol. The van der Waals surface area contributed by atoms with Crippen LogP contribution in [0, 0.1) is 0 Å². The lowest BCUT2D eigenvalue weighted by atomic mass is 10.5. The molecule has 0 spiro atoms. The van der Waals surface area contributed by atoms with E-state index >= 15 is 0 Å². The average Bonchev–Trinajstić information content (AvgIpc) is 1.38. The van der Waals surface area contributed by atoms with E-state index in [0.29, 0.717) is 0 Å². The molecule has 5 heavy (non-hydrogen) atoms. The van der Waals surface area contributed by atoms with Gasteiger partial charge in [0.25, 0.3) is 0 Å². The molecule has 0 fully saturated rings. The van der Waals surface area contributed by atoms with Gasteiger partial charge in [0.05, 0.1) is 0 Å². The van der Waals surface area contributed by atoms with E-state index in [1.54, 1.807) is 13.8 Å². The van der Waals surface area contributed by atoms with E-state index < -0.39 is 0 Å². The van der Waals surface area contributed by atoms with E-state index in [-0.39, 0.29) is 6.10 Å². The zero-order chi connectivity index (χ0) is 4.28. The third kappa shape index (κ3) is 3.92. The summed E-state index contributed by atoms with van der Waals surface area (Å²) in [6.45, 7) is 3.38. The lowest BCUT2D eigenvalue weighted by Gasteiger charge is -2.07. The fourth-order valence-electron chi connectivity index (χ4n) is 0. The van der Waals surface area contributed by atoms with Crippen LogP contribution in [0.1, 0.15) is 13.8 Å². The number of hydrogen-bond acceptors (Lipinski definition) is 2. The summed E-state index contributed by atoms with van der Waals surface area (Å²) in [6.07, 6.45) is -0.171. The van der Waals surface area contributed by atoms with Crippen molar-refractivity contribution in [2.24, 2.45) is 0 Å². The fourth-order valence-corrected chi connectivity index (χ4v) is 0. The third-order valence-electron chi connectivity index (χ3n) is 0.192. The molecule has 32 valence electrons. The molecular weight excluding hydrogens is 68.0 g/mol. The molecule has 0 aromatic carbocycles. The van der Waals surface area contributed by atoms with Crippen LogP contribution in [0.2, 0.25) is 0 Å². The van der Waals surface area contributed by atoms with Crippen molar-refractivity contribution in [1.29, 1.82) is 0 Å². The molecule has 0 N–H and O–H groups in total. The minimum absolute atomic E-state index is 0.171. The molecule has 2 nitrogen and oxygen atoms in total. The van der Waals surface area contributed by atoms with Crippen molar-refractivity contribution < 1.29 is 10.1 Å². The monoisotopic (exact) mass is 75.0 g/mol. The predicted octanol–water partition coefficient (Wildman–Crippen LogP) is -0.313. The van der Waals surface area contributed by atoms with Crippen molar-refractivity contribution >= 4 is 0 Å². The van der Waals surface area contributed by atoms with Gasteiger partial charge in [0.1, 0.15) is 0 Å². The largest absolute Gasteiger partial charge is 0.723 e. The van der Waals surface area contributed by atoms with Crippen LogP contribution in [-0.4, -0.2) is 6.10 Å². The summed E-state index contributed by atoms with van der Waals surface area (Å²) in [6, 6.07) is 0. The molecular formula is C3H7O2-. The first-order valence-corrected chi connectivity index (χ1v) is 1.56. The van der Waals surface area contributed by atoms with Gasteiger partial charge in [-0.2, -0.15) is 0 Å². The highest BCUT2D eigenvalue weighted by atomic mass is 17.1. The Hall–Kier alpha value is -0.0800. The Kier molecular flexibility index (Phi) is 2.14. The third-order valence-corrected chi connectivity index (χ3v) is 0.192. The molecule has 0 aliphatic rings. The van der Waals surface area contributed by atoms with Crippen molar-refractivity contribution in [3.8, 4) is 0 Å². The van der Waals surface area contributed by atoms with Gasteiger partial charge in [-0.1, -0.05) is 0 Å². The molecule has 0 unspecified atom stereocenters. The van der Waals surface area contributed by atoms with Crippen molar-refractivity contribution in [1.82, 2.24) is 0 Å². The molecule has 0 radical (unpaired) electrons. The smallest absolute Gasteiger partial charge is 0.0394 e. The Morgan fingerprint density at radius 2 is 1.80 bits per heavy atom. The minimum atomic E-state index is -0.171. The van der Waals surface area contributed by atoms with Crippen molar-refractivity contribution in [2.75, 3.05) is 0 Å². The summed E-state index contributed by atoms with van der Waals surface area (Å²) < 4.78 is 0. The maximum Gasteiger partial charge on any atom is 0.0394 e. The van der Waals surface area contributed by atoms with E-state index in [0.717, 1.165) is 0 Å². The van der Waals surface area contributed by atoms with Gasteiger partial charge in [0.2, 0.25) is 0 Å². The summed E-state index contributed by atoms with van der Waals surface area (Å²) in [5, 5.41) is 9.13. The van der Waals surface area contributed by atoms with Crippen molar-refractivity contribution in [3.05, 3.63) is 0 Å². The van der Waals surface area contributed by atoms with Crippen LogP contribution >= 0.6 is 0 Å². The molecule has 2 heteroatoms. The average molecular weight is 75.1 g/mol. The highest BCUT2D eigenvalue weighted by molar-refractivity contribution is 4.23. The molecule has 0 aromatic rings. The first-order valence-electron chi connectivity index (χ1n) is 1.56. The Balaban J connectivity index is 2.54. The maximum atomic E-state index is 9.13. The van der Waals surface area contributed by atoms with E-state index in [9.17, 15) is 0 Å². The van der Waals surface area contributed by atoms with Gasteiger partial charge in [-0.05, 0) is 13.8 Å². The fraction of sp³-hybridized carbons (Fsp3) is 1.00. The quantitative estimate of drug-likeness (QED) is 0.316. The first-order chi connectivity index (χ1) is 2.27. The summed E-state index contributed by atoms with van der Waals surface area (Å²) in [5.74, 6) is 0. The summed E-state index contributed by atoms with van der Waals surface area (Å²) in [7, 11) is 0. The topological polar surface area (TPSA) is 32.3 Å². The molecule has 0 amide bonds. The van der Waals surface area contributed by atoms with Crippen LogP contribution in [0.25, 0.3) is 0 Å². The van der Waals surface area contributed by atoms with E-state index in [4.69, 9.17) is 5.26 Å². The molecule has 0 aliphatic carbocycles. The molecule has 0 saturated heterocycles. The molecule has 0 bridgehead atoms. The lowest BCUT2D eigenvalue weighted by molar-refractivity contribution is -0.700. The number of hydrogen-bond donors (Lipinski definition) is 0. The van der Waals surface area contributed by atoms with Gasteiger partial charge >= 0.3 is 0 Å². The van der Waals surface area contributed by atoms with Crippen LogP contribution < -0.4 is 5.26 Å². The number of rotatable bonds is 1. The Labute approximate surface area is 31.3 Å². The van der Waals surface area contributed by atoms with Gasteiger partial charge < -0.3 is 10.1 Å². The van der Waals surface area contributed by atoms with Crippen molar-refractivity contribution in [2.45, 2.75) is 20.0 Å². The molecule has 0 saturated carbocycles. The zero-order valence-corrected chi connectivity index (χ0v) is 3.39. The van der Waals surface area contributed by atoms with Crippen molar-refractivity contribution in [3.63, 3.8) is 0 Å². The second-order valence-electron chi connectivity index (χ2n) is 1.14. The van der Waals surface area contributed by atoms with E-state index in [2.05, 4.69) is 4.89 Å². The normalized spacial score (nSPS) is 9.60. The highest BCUT2D eigenvalue weighted by Gasteiger charge is 1.73. The maximum absolute atomic E-state index is 9.13. The van der Waals surface area contributed by atoms with Crippen LogP contribution in [0.4, 0.5) is 0 Å². The Bertz CT molecular complexity index is 18.9. The molecule has 0 rings (SSSR count). The summed E-state index contributed by atoms with van der Waals surface area (Å²) >= 11 is 0. The van der Waals surface area contributed by atoms with Gasteiger partial charge in [-0.3, -0.25) is 0 Å². The lowest BCUT2D eigenvalue weighted by Crippen LogP contribution is -2.12. The van der Waals surface area contributed by atoms with Gasteiger partial charge in [0.15, 0.2) is 0 Å².